The minimum atomic E-state index is -0.389. The number of hydrogen-bond acceptors (Lipinski definition) is 3. The van der Waals surface area contributed by atoms with E-state index in [0.717, 1.165) is 5.56 Å². The Kier molecular flexibility index (Phi) is 6.17. The number of aromatic nitrogens is 1. The average molecular weight is 269 g/mol. The van der Waals surface area contributed by atoms with Crippen molar-refractivity contribution < 1.29 is 4.42 Å². The number of allylic oxidation sites excluding steroid dienone is 1. The van der Waals surface area contributed by atoms with Gasteiger partial charge in [-0.25, -0.2) is 9.78 Å². The zero-order valence-corrected chi connectivity index (χ0v) is 12.1. The van der Waals surface area contributed by atoms with Gasteiger partial charge >= 0.3 is 5.63 Å². The van der Waals surface area contributed by atoms with Crippen molar-refractivity contribution in [1.82, 2.24) is 4.98 Å². The molecular formula is C17H19NO2. The van der Waals surface area contributed by atoms with Crippen LogP contribution in [0.3, 0.4) is 0 Å². The monoisotopic (exact) mass is 269 g/mol. The molecule has 0 aliphatic rings. The minimum Gasteiger partial charge on any atom is -0.403 e. The highest BCUT2D eigenvalue weighted by Gasteiger charge is 2.04. The van der Waals surface area contributed by atoms with Crippen LogP contribution in [0.1, 0.15) is 20.8 Å². The van der Waals surface area contributed by atoms with Gasteiger partial charge in [0.05, 0.1) is 10.6 Å². The molecule has 104 valence electrons. The first-order chi connectivity index (χ1) is 9.76. The van der Waals surface area contributed by atoms with Gasteiger partial charge in [0.15, 0.2) is 0 Å². The molecule has 1 aromatic carbocycles. The van der Waals surface area contributed by atoms with Crippen LogP contribution >= 0.6 is 0 Å². The highest BCUT2D eigenvalue weighted by molar-refractivity contribution is 5.52. The van der Waals surface area contributed by atoms with Crippen LogP contribution in [0.25, 0.3) is 23.6 Å². The molecule has 0 amide bonds. The van der Waals surface area contributed by atoms with Crippen LogP contribution in [0.5, 0.6) is 0 Å². The molecule has 0 radical (unpaired) electrons. The maximum absolute atomic E-state index is 11.8. The molecule has 0 aliphatic carbocycles. The molecule has 2 aromatic rings. The third kappa shape index (κ3) is 3.54. The van der Waals surface area contributed by atoms with Crippen LogP contribution in [0, 0.1) is 0 Å². The third-order valence-electron chi connectivity index (χ3n) is 2.49. The van der Waals surface area contributed by atoms with Crippen molar-refractivity contribution >= 4 is 12.2 Å². The zero-order valence-electron chi connectivity index (χ0n) is 12.1. The first-order valence-electron chi connectivity index (χ1n) is 6.62. The lowest BCUT2D eigenvalue weighted by molar-refractivity contribution is 0.498. The van der Waals surface area contributed by atoms with Crippen LogP contribution in [0.15, 0.2) is 52.2 Å². The Morgan fingerprint density at radius 2 is 1.85 bits per heavy atom. The highest BCUT2D eigenvalue weighted by atomic mass is 16.4. The molecule has 2 rings (SSSR count). The maximum atomic E-state index is 11.8. The van der Waals surface area contributed by atoms with Crippen molar-refractivity contribution in [2.24, 2.45) is 0 Å². The van der Waals surface area contributed by atoms with E-state index in [-0.39, 0.29) is 5.63 Å². The van der Waals surface area contributed by atoms with Gasteiger partial charge in [-0.15, -0.1) is 0 Å². The molecule has 0 bridgehead atoms. The predicted octanol–water partition coefficient (Wildman–Crippen LogP) is 2.49. The van der Waals surface area contributed by atoms with Gasteiger partial charge in [0, 0.05) is 5.56 Å². The summed E-state index contributed by atoms with van der Waals surface area (Å²) in [5, 5.41) is 1.03. The number of benzene rings is 1. The Morgan fingerprint density at radius 3 is 2.40 bits per heavy atom. The Labute approximate surface area is 118 Å². The molecule has 0 fully saturated rings. The van der Waals surface area contributed by atoms with Crippen LogP contribution in [0.4, 0.5) is 0 Å². The second kappa shape index (κ2) is 7.89. The van der Waals surface area contributed by atoms with Crippen LogP contribution in [-0.2, 0) is 0 Å². The first-order valence-corrected chi connectivity index (χ1v) is 6.62. The van der Waals surface area contributed by atoms with Gasteiger partial charge in [-0.3, -0.25) is 0 Å². The summed E-state index contributed by atoms with van der Waals surface area (Å²) in [6.45, 7) is 9.40. The molecule has 3 heteroatoms. The van der Waals surface area contributed by atoms with Gasteiger partial charge in [-0.1, -0.05) is 50.8 Å². The smallest absolute Gasteiger partial charge is 0.346 e. The first kappa shape index (κ1) is 15.6. The van der Waals surface area contributed by atoms with E-state index in [4.69, 9.17) is 4.42 Å². The Bertz CT molecular complexity index is 728. The van der Waals surface area contributed by atoms with E-state index in [1.54, 1.807) is 25.2 Å². The zero-order chi connectivity index (χ0) is 15.0. The molecule has 0 atom stereocenters. The van der Waals surface area contributed by atoms with Crippen LogP contribution < -0.4 is 16.2 Å². The van der Waals surface area contributed by atoms with E-state index < -0.39 is 0 Å². The molecule has 0 unspecified atom stereocenters. The van der Waals surface area contributed by atoms with Gasteiger partial charge < -0.3 is 4.42 Å². The summed E-state index contributed by atoms with van der Waals surface area (Å²) >= 11 is 0. The fourth-order valence-electron chi connectivity index (χ4n) is 1.65. The molecule has 0 saturated heterocycles. The second-order valence-corrected chi connectivity index (χ2v) is 3.66. The normalized spacial score (nSPS) is 11.8. The third-order valence-corrected chi connectivity index (χ3v) is 2.49. The summed E-state index contributed by atoms with van der Waals surface area (Å²) < 4.78 is 5.22. The van der Waals surface area contributed by atoms with E-state index in [0.29, 0.717) is 16.5 Å². The Balaban J connectivity index is 0.000000956. The lowest BCUT2D eigenvalue weighted by Crippen LogP contribution is -2.40. The Morgan fingerprint density at radius 1 is 1.20 bits per heavy atom. The SMILES string of the molecule is C=C/C=c1/nc(-c2ccccc2)oc(=O)/c1=C/C.CC. The highest BCUT2D eigenvalue weighted by Crippen LogP contribution is 2.11. The molecule has 1 heterocycles. The molecule has 0 N–H and O–H groups in total. The van der Waals surface area contributed by atoms with E-state index in [9.17, 15) is 4.79 Å². The van der Waals surface area contributed by atoms with E-state index >= 15 is 0 Å². The largest absolute Gasteiger partial charge is 0.403 e. The molecule has 0 spiro atoms. The second-order valence-electron chi connectivity index (χ2n) is 3.66. The molecule has 1 aromatic heterocycles. The fourth-order valence-corrected chi connectivity index (χ4v) is 1.65. The van der Waals surface area contributed by atoms with Gasteiger partial charge in [0.2, 0.25) is 5.89 Å². The lowest BCUT2D eigenvalue weighted by atomic mass is 10.2. The van der Waals surface area contributed by atoms with Crippen molar-refractivity contribution in [3.63, 3.8) is 0 Å². The number of rotatable bonds is 2. The molecular weight excluding hydrogens is 250 g/mol. The van der Waals surface area contributed by atoms with Crippen molar-refractivity contribution in [2.75, 3.05) is 0 Å². The topological polar surface area (TPSA) is 43.1 Å². The van der Waals surface area contributed by atoms with E-state index in [1.807, 2.05) is 44.2 Å². The van der Waals surface area contributed by atoms with Crippen molar-refractivity contribution in [2.45, 2.75) is 20.8 Å². The van der Waals surface area contributed by atoms with Gasteiger partial charge in [0.25, 0.3) is 0 Å². The van der Waals surface area contributed by atoms with Crippen molar-refractivity contribution in [3.8, 4) is 11.5 Å². The van der Waals surface area contributed by atoms with Gasteiger partial charge in [-0.05, 0) is 25.1 Å². The van der Waals surface area contributed by atoms with E-state index in [1.165, 1.54) is 0 Å². The number of nitrogens with zero attached hydrogens (tertiary/aromatic N) is 1. The minimum absolute atomic E-state index is 0.319. The van der Waals surface area contributed by atoms with Crippen LogP contribution in [0.2, 0.25) is 0 Å². The fraction of sp³-hybridized carbons (Fsp3) is 0.176. The molecule has 3 nitrogen and oxygen atoms in total. The van der Waals surface area contributed by atoms with Crippen molar-refractivity contribution in [1.29, 1.82) is 0 Å². The lowest BCUT2D eigenvalue weighted by Gasteiger charge is -1.98. The van der Waals surface area contributed by atoms with Gasteiger partial charge in [-0.2, -0.15) is 0 Å². The summed E-state index contributed by atoms with van der Waals surface area (Å²) in [4.78, 5) is 16.2. The van der Waals surface area contributed by atoms with Gasteiger partial charge in [0.1, 0.15) is 0 Å². The summed E-state index contributed by atoms with van der Waals surface area (Å²) in [5.41, 5.74) is 0.385. The molecule has 20 heavy (non-hydrogen) atoms. The Hall–Kier alpha value is -2.42. The standard InChI is InChI=1S/C15H13NO2.C2H6/c1-3-8-13-12(4-2)15(17)18-14(16-13)11-9-6-5-7-10-11;1-2/h3-10H,1H2,2H3;1-2H3/b12-4+,13-8+;. The molecule has 0 saturated carbocycles. The summed E-state index contributed by atoms with van der Waals surface area (Å²) in [6.07, 6.45) is 4.98. The van der Waals surface area contributed by atoms with Crippen molar-refractivity contribution in [3.05, 3.63) is 64.0 Å². The van der Waals surface area contributed by atoms with E-state index in [2.05, 4.69) is 11.6 Å². The maximum Gasteiger partial charge on any atom is 0.346 e. The molecule has 0 aliphatic heterocycles. The van der Waals surface area contributed by atoms with Crippen LogP contribution in [-0.4, -0.2) is 4.98 Å². The quantitative estimate of drug-likeness (QED) is 0.841. The summed E-state index contributed by atoms with van der Waals surface area (Å²) in [6, 6.07) is 9.32. The predicted molar refractivity (Wildman–Crippen MR) is 83.6 cm³/mol. The summed E-state index contributed by atoms with van der Waals surface area (Å²) in [7, 11) is 0. The summed E-state index contributed by atoms with van der Waals surface area (Å²) in [5.74, 6) is 0.319. The average Bonchev–Trinajstić information content (AvgIpc) is 2.50. The number of hydrogen-bond donors (Lipinski definition) is 0.